The summed E-state index contributed by atoms with van der Waals surface area (Å²) >= 11 is 1.01. The first-order valence-corrected chi connectivity index (χ1v) is 4.46. The Kier molecular flexibility index (Phi) is 5.72. The van der Waals surface area contributed by atoms with Gasteiger partial charge in [-0.1, -0.05) is 6.07 Å². The van der Waals surface area contributed by atoms with Gasteiger partial charge in [-0.2, -0.15) is 13.2 Å². The van der Waals surface area contributed by atoms with E-state index in [1.807, 2.05) is 0 Å². The molecule has 0 atom stereocenters. The molecule has 0 bridgehead atoms. The Balaban J connectivity index is 0.00000196. The molecule has 0 aliphatic heterocycles. The summed E-state index contributed by atoms with van der Waals surface area (Å²) in [4.78, 5) is 21.7. The number of alkyl halides is 3. The van der Waals surface area contributed by atoms with E-state index in [9.17, 15) is 22.8 Å². The monoisotopic (exact) mass is 246 g/mol. The topological polar surface area (TPSA) is 34.1 Å². The van der Waals surface area contributed by atoms with Gasteiger partial charge in [0.05, 0.1) is 11.3 Å². The molecular formula is C8H6F3NaO2S. The van der Waals surface area contributed by atoms with Gasteiger partial charge in [-0.3, -0.25) is 9.59 Å². The third kappa shape index (κ3) is 4.46. The van der Waals surface area contributed by atoms with Crippen LogP contribution in [0.5, 0.6) is 0 Å². The van der Waals surface area contributed by atoms with Gasteiger partial charge in [0.25, 0.3) is 0 Å². The molecule has 0 saturated carbocycles. The Hall–Kier alpha value is -0.170. The second-order valence-corrected chi connectivity index (χ2v) is 3.45. The van der Waals surface area contributed by atoms with E-state index >= 15 is 0 Å². The van der Waals surface area contributed by atoms with Gasteiger partial charge in [-0.05, 0) is 11.4 Å². The summed E-state index contributed by atoms with van der Waals surface area (Å²) in [6, 6.07) is 2.92. The van der Waals surface area contributed by atoms with Crippen molar-refractivity contribution in [2.45, 2.75) is 12.6 Å². The molecule has 2 nitrogen and oxygen atoms in total. The molecule has 15 heavy (non-hydrogen) atoms. The van der Waals surface area contributed by atoms with Crippen LogP contribution in [0.4, 0.5) is 13.2 Å². The zero-order chi connectivity index (χ0) is 10.8. The van der Waals surface area contributed by atoms with Gasteiger partial charge in [0.2, 0.25) is 5.78 Å². The molecule has 7 heteroatoms. The first kappa shape index (κ1) is 14.8. The van der Waals surface area contributed by atoms with Crippen LogP contribution in [-0.4, -0.2) is 47.3 Å². The Bertz CT molecular complexity index is 345. The summed E-state index contributed by atoms with van der Waals surface area (Å²) in [5.74, 6) is -2.79. The molecule has 0 spiro atoms. The molecule has 0 saturated heterocycles. The molecule has 1 aromatic heterocycles. The van der Waals surface area contributed by atoms with Gasteiger partial charge in [0, 0.05) is 0 Å². The van der Waals surface area contributed by atoms with Crippen molar-refractivity contribution in [3.63, 3.8) is 0 Å². The molecule has 0 radical (unpaired) electrons. The number of ketones is 2. The number of hydrogen-bond acceptors (Lipinski definition) is 3. The van der Waals surface area contributed by atoms with Gasteiger partial charge in [0.1, 0.15) is 0 Å². The number of rotatable bonds is 3. The van der Waals surface area contributed by atoms with Crippen LogP contribution in [0.2, 0.25) is 0 Å². The average Bonchev–Trinajstić information content (AvgIpc) is 2.53. The van der Waals surface area contributed by atoms with Crippen LogP contribution < -0.4 is 0 Å². The fourth-order valence-corrected chi connectivity index (χ4v) is 1.43. The molecule has 1 rings (SSSR count). The average molecular weight is 246 g/mol. The first-order valence-electron chi connectivity index (χ1n) is 3.58. The van der Waals surface area contributed by atoms with Gasteiger partial charge in [0.15, 0.2) is 5.78 Å². The number of thiophene rings is 1. The second-order valence-electron chi connectivity index (χ2n) is 2.50. The van der Waals surface area contributed by atoms with Crippen molar-refractivity contribution in [3.05, 3.63) is 22.4 Å². The maximum atomic E-state index is 11.8. The van der Waals surface area contributed by atoms with Gasteiger partial charge in [-0.15, -0.1) is 11.3 Å². The zero-order valence-corrected chi connectivity index (χ0v) is 7.61. The molecule has 0 fully saturated rings. The SMILES string of the molecule is O=C(CC(=O)C(F)(F)F)c1cccs1.[NaH]. The molecule has 0 aliphatic carbocycles. The van der Waals surface area contributed by atoms with Crippen molar-refractivity contribution in [2.24, 2.45) is 0 Å². The van der Waals surface area contributed by atoms with E-state index in [1.54, 1.807) is 5.38 Å². The van der Waals surface area contributed by atoms with Crippen LogP contribution in [0.25, 0.3) is 0 Å². The zero-order valence-electron chi connectivity index (χ0n) is 6.80. The van der Waals surface area contributed by atoms with E-state index in [0.29, 0.717) is 0 Å². The Morgan fingerprint density at radius 3 is 2.33 bits per heavy atom. The van der Waals surface area contributed by atoms with E-state index < -0.39 is 24.2 Å². The number of Topliss-reactive ketones (excluding diaryl/α,β-unsaturated/α-hetero) is 2. The standard InChI is InChI=1S/C8H5F3O2S.Na.H/c9-8(10,11)7(13)4-5(12)6-2-1-3-14-6;;/h1-3H,4H2;;. The van der Waals surface area contributed by atoms with Gasteiger partial charge >= 0.3 is 35.7 Å². The summed E-state index contributed by atoms with van der Waals surface area (Å²) in [6.07, 6.45) is -6.03. The molecule has 0 aromatic carbocycles. The molecule has 1 aromatic rings. The third-order valence-corrected chi connectivity index (χ3v) is 2.34. The predicted octanol–water partition coefficient (Wildman–Crippen LogP) is 1.80. The molecule has 0 aliphatic rings. The molecule has 78 valence electrons. The minimum atomic E-state index is -4.92. The Labute approximate surface area is 110 Å². The van der Waals surface area contributed by atoms with Crippen LogP contribution >= 0.6 is 11.3 Å². The van der Waals surface area contributed by atoms with Gasteiger partial charge in [-0.25, -0.2) is 0 Å². The maximum absolute atomic E-state index is 11.8. The molecular weight excluding hydrogens is 240 g/mol. The predicted molar refractivity (Wildman–Crippen MR) is 51.5 cm³/mol. The van der Waals surface area contributed by atoms with Crippen LogP contribution in [0.1, 0.15) is 16.1 Å². The van der Waals surface area contributed by atoms with Crippen molar-refractivity contribution in [1.29, 1.82) is 0 Å². The van der Waals surface area contributed by atoms with Crippen LogP contribution in [0, 0.1) is 0 Å². The van der Waals surface area contributed by atoms with E-state index in [1.165, 1.54) is 12.1 Å². The minimum absolute atomic E-state index is 0. The summed E-state index contributed by atoms with van der Waals surface area (Å²) in [7, 11) is 0. The van der Waals surface area contributed by atoms with Crippen molar-refractivity contribution >= 4 is 52.5 Å². The van der Waals surface area contributed by atoms with Crippen LogP contribution in [0.15, 0.2) is 17.5 Å². The van der Waals surface area contributed by atoms with Gasteiger partial charge < -0.3 is 0 Å². The Morgan fingerprint density at radius 1 is 1.33 bits per heavy atom. The van der Waals surface area contributed by atoms with E-state index in [0.717, 1.165) is 11.3 Å². The number of carbonyl (C=O) groups is 2. The summed E-state index contributed by atoms with van der Waals surface area (Å²) in [5.41, 5.74) is 0. The Morgan fingerprint density at radius 2 is 1.93 bits per heavy atom. The fourth-order valence-electron chi connectivity index (χ4n) is 0.770. The van der Waals surface area contributed by atoms with E-state index in [-0.39, 0.29) is 34.4 Å². The number of halogens is 3. The molecule has 0 unspecified atom stereocenters. The first-order chi connectivity index (χ1) is 6.41. The molecule has 0 amide bonds. The fraction of sp³-hybridized carbons (Fsp3) is 0.250. The second kappa shape index (κ2) is 5.79. The molecule has 1 heterocycles. The third-order valence-electron chi connectivity index (χ3n) is 1.43. The van der Waals surface area contributed by atoms with Crippen LogP contribution in [0.3, 0.4) is 0 Å². The summed E-state index contributed by atoms with van der Waals surface area (Å²) < 4.78 is 35.3. The summed E-state index contributed by atoms with van der Waals surface area (Å²) in [5, 5.41) is 1.56. The van der Waals surface area contributed by atoms with Crippen molar-refractivity contribution in [2.75, 3.05) is 0 Å². The number of hydrogen-bond donors (Lipinski definition) is 0. The van der Waals surface area contributed by atoms with Crippen LogP contribution in [-0.2, 0) is 4.79 Å². The van der Waals surface area contributed by atoms with E-state index in [4.69, 9.17) is 0 Å². The molecule has 0 N–H and O–H groups in total. The summed E-state index contributed by atoms with van der Waals surface area (Å²) in [6.45, 7) is 0. The normalized spacial score (nSPS) is 10.6. The van der Waals surface area contributed by atoms with Crippen molar-refractivity contribution in [3.8, 4) is 0 Å². The van der Waals surface area contributed by atoms with E-state index in [2.05, 4.69) is 0 Å². The van der Waals surface area contributed by atoms with Crippen molar-refractivity contribution < 1.29 is 22.8 Å². The number of carbonyl (C=O) groups excluding carboxylic acids is 2. The quantitative estimate of drug-likeness (QED) is 0.463. The van der Waals surface area contributed by atoms with Crippen molar-refractivity contribution in [1.82, 2.24) is 0 Å².